The number of anilines is 1. The SMILES string of the molecule is COc1ccc2sc(N3CCN(Cc4ccncc4F)C(C)C3)nc2c1. The molecule has 4 rings (SSSR count). The molecule has 26 heavy (non-hydrogen) atoms. The van der Waals surface area contributed by atoms with Gasteiger partial charge in [-0.3, -0.25) is 9.88 Å². The molecule has 136 valence electrons. The van der Waals surface area contributed by atoms with Crippen LogP contribution in [0.2, 0.25) is 0 Å². The third-order valence-corrected chi connectivity index (χ3v) is 5.95. The highest BCUT2D eigenvalue weighted by molar-refractivity contribution is 7.22. The summed E-state index contributed by atoms with van der Waals surface area (Å²) in [6.45, 7) is 5.43. The van der Waals surface area contributed by atoms with Gasteiger partial charge in [0.1, 0.15) is 11.6 Å². The van der Waals surface area contributed by atoms with E-state index in [2.05, 4.69) is 27.8 Å². The van der Waals surface area contributed by atoms with E-state index in [1.807, 2.05) is 12.1 Å². The zero-order valence-corrected chi connectivity index (χ0v) is 15.7. The summed E-state index contributed by atoms with van der Waals surface area (Å²) < 4.78 is 20.3. The fourth-order valence-electron chi connectivity index (χ4n) is 3.31. The van der Waals surface area contributed by atoms with Gasteiger partial charge in [0.05, 0.1) is 23.5 Å². The van der Waals surface area contributed by atoms with E-state index in [-0.39, 0.29) is 5.82 Å². The summed E-state index contributed by atoms with van der Waals surface area (Å²) in [6.07, 6.45) is 2.93. The molecular weight excluding hydrogens is 351 g/mol. The Labute approximate surface area is 156 Å². The number of hydrogen-bond donors (Lipinski definition) is 0. The first-order chi connectivity index (χ1) is 12.6. The molecule has 0 aliphatic carbocycles. The van der Waals surface area contributed by atoms with E-state index in [4.69, 9.17) is 9.72 Å². The van der Waals surface area contributed by atoms with Crippen LogP contribution in [-0.2, 0) is 6.54 Å². The van der Waals surface area contributed by atoms with E-state index >= 15 is 0 Å². The van der Waals surface area contributed by atoms with Gasteiger partial charge in [0.2, 0.25) is 0 Å². The van der Waals surface area contributed by atoms with E-state index in [0.29, 0.717) is 18.2 Å². The molecule has 1 fully saturated rings. The zero-order chi connectivity index (χ0) is 18.1. The maximum Gasteiger partial charge on any atom is 0.186 e. The number of hydrogen-bond acceptors (Lipinski definition) is 6. The van der Waals surface area contributed by atoms with Gasteiger partial charge in [-0.15, -0.1) is 0 Å². The third-order valence-electron chi connectivity index (χ3n) is 4.85. The Hall–Kier alpha value is -2.25. The summed E-state index contributed by atoms with van der Waals surface area (Å²) in [5.41, 5.74) is 1.67. The molecule has 0 N–H and O–H groups in total. The second kappa shape index (κ2) is 7.17. The van der Waals surface area contributed by atoms with Crippen LogP contribution in [-0.4, -0.2) is 47.7 Å². The molecule has 0 spiro atoms. The standard InChI is InChI=1S/C19H21FN4OS/c1-13-11-24(8-7-23(13)12-14-5-6-21-10-16(14)20)19-22-17-9-15(25-2)3-4-18(17)26-19/h3-6,9-10,13H,7-8,11-12H2,1-2H3. The lowest BCUT2D eigenvalue weighted by Crippen LogP contribution is -2.51. The topological polar surface area (TPSA) is 41.5 Å². The number of fused-ring (bicyclic) bond motifs is 1. The molecule has 5 nitrogen and oxygen atoms in total. The van der Waals surface area contributed by atoms with E-state index in [1.54, 1.807) is 30.7 Å². The number of benzene rings is 1. The Morgan fingerprint density at radius 2 is 2.19 bits per heavy atom. The Kier molecular flexibility index (Phi) is 4.74. The molecule has 1 unspecified atom stereocenters. The number of piperazine rings is 1. The van der Waals surface area contributed by atoms with Crippen LogP contribution >= 0.6 is 11.3 Å². The number of halogens is 1. The van der Waals surface area contributed by atoms with Gasteiger partial charge in [-0.05, 0) is 25.1 Å². The largest absolute Gasteiger partial charge is 0.497 e. The van der Waals surface area contributed by atoms with Gasteiger partial charge in [-0.1, -0.05) is 11.3 Å². The first-order valence-corrected chi connectivity index (χ1v) is 9.47. The summed E-state index contributed by atoms with van der Waals surface area (Å²) >= 11 is 1.71. The predicted molar refractivity (Wildman–Crippen MR) is 102 cm³/mol. The minimum Gasteiger partial charge on any atom is -0.497 e. The van der Waals surface area contributed by atoms with Crippen molar-refractivity contribution in [3.63, 3.8) is 0 Å². The first kappa shape index (κ1) is 17.2. The van der Waals surface area contributed by atoms with E-state index < -0.39 is 0 Å². The average Bonchev–Trinajstić information content (AvgIpc) is 3.08. The number of methoxy groups -OCH3 is 1. The minimum absolute atomic E-state index is 0.234. The lowest BCUT2D eigenvalue weighted by atomic mass is 10.1. The maximum atomic E-state index is 13.9. The Morgan fingerprint density at radius 3 is 2.96 bits per heavy atom. The number of pyridine rings is 1. The summed E-state index contributed by atoms with van der Waals surface area (Å²) in [4.78, 5) is 13.2. The third kappa shape index (κ3) is 3.37. The minimum atomic E-state index is -0.234. The van der Waals surface area contributed by atoms with Gasteiger partial charge in [0, 0.05) is 50.0 Å². The van der Waals surface area contributed by atoms with Crippen LogP contribution in [0.5, 0.6) is 5.75 Å². The van der Waals surface area contributed by atoms with Crippen molar-refractivity contribution in [3.05, 3.63) is 48.0 Å². The second-order valence-electron chi connectivity index (χ2n) is 6.56. The fourth-order valence-corrected chi connectivity index (χ4v) is 4.29. The lowest BCUT2D eigenvalue weighted by molar-refractivity contribution is 0.179. The normalized spacial score (nSPS) is 18.4. The number of ether oxygens (including phenoxy) is 1. The van der Waals surface area contributed by atoms with Crippen LogP contribution in [0.4, 0.5) is 9.52 Å². The van der Waals surface area contributed by atoms with Gasteiger partial charge >= 0.3 is 0 Å². The van der Waals surface area contributed by atoms with E-state index in [0.717, 1.165) is 40.7 Å². The fraction of sp³-hybridized carbons (Fsp3) is 0.368. The number of rotatable bonds is 4. The Bertz CT molecular complexity index is 915. The number of aromatic nitrogens is 2. The Morgan fingerprint density at radius 1 is 1.31 bits per heavy atom. The molecule has 3 heterocycles. The monoisotopic (exact) mass is 372 g/mol. The molecule has 1 atom stereocenters. The summed E-state index contributed by atoms with van der Waals surface area (Å²) in [5, 5.41) is 1.04. The predicted octanol–water partition coefficient (Wildman–Crippen LogP) is 3.55. The van der Waals surface area contributed by atoms with Crippen molar-refractivity contribution in [3.8, 4) is 5.75 Å². The molecule has 2 aromatic heterocycles. The van der Waals surface area contributed by atoms with Gasteiger partial charge in [-0.2, -0.15) is 0 Å². The van der Waals surface area contributed by atoms with Crippen LogP contribution in [0.1, 0.15) is 12.5 Å². The highest BCUT2D eigenvalue weighted by Crippen LogP contribution is 2.32. The molecule has 1 aliphatic heterocycles. The highest BCUT2D eigenvalue weighted by Gasteiger charge is 2.26. The van der Waals surface area contributed by atoms with Gasteiger partial charge < -0.3 is 9.64 Å². The molecule has 0 saturated carbocycles. The van der Waals surface area contributed by atoms with E-state index in [1.165, 1.54) is 6.20 Å². The van der Waals surface area contributed by atoms with Crippen molar-refractivity contribution >= 4 is 26.7 Å². The van der Waals surface area contributed by atoms with E-state index in [9.17, 15) is 4.39 Å². The van der Waals surface area contributed by atoms with Gasteiger partial charge in [0.15, 0.2) is 5.13 Å². The van der Waals surface area contributed by atoms with Crippen molar-refractivity contribution in [2.75, 3.05) is 31.6 Å². The van der Waals surface area contributed by atoms with Crippen molar-refractivity contribution in [1.29, 1.82) is 0 Å². The van der Waals surface area contributed by atoms with Crippen LogP contribution in [0.15, 0.2) is 36.7 Å². The molecule has 7 heteroatoms. The Balaban J connectivity index is 1.47. The van der Waals surface area contributed by atoms with Crippen molar-refractivity contribution in [1.82, 2.24) is 14.9 Å². The van der Waals surface area contributed by atoms with Gasteiger partial charge in [-0.25, -0.2) is 9.37 Å². The quantitative estimate of drug-likeness (QED) is 0.701. The molecular formula is C19H21FN4OS. The van der Waals surface area contributed by atoms with Crippen molar-refractivity contribution in [2.24, 2.45) is 0 Å². The number of nitrogens with zero attached hydrogens (tertiary/aromatic N) is 4. The highest BCUT2D eigenvalue weighted by atomic mass is 32.1. The van der Waals surface area contributed by atoms with Crippen LogP contribution < -0.4 is 9.64 Å². The maximum absolute atomic E-state index is 13.9. The first-order valence-electron chi connectivity index (χ1n) is 8.66. The van der Waals surface area contributed by atoms with Crippen LogP contribution in [0.25, 0.3) is 10.2 Å². The molecule has 0 radical (unpaired) electrons. The van der Waals surface area contributed by atoms with Crippen molar-refractivity contribution in [2.45, 2.75) is 19.5 Å². The summed E-state index contributed by atoms with van der Waals surface area (Å²) in [6, 6.07) is 8.07. The zero-order valence-electron chi connectivity index (χ0n) is 14.9. The molecule has 1 aliphatic rings. The smallest absolute Gasteiger partial charge is 0.186 e. The molecule has 1 saturated heterocycles. The van der Waals surface area contributed by atoms with Crippen molar-refractivity contribution < 1.29 is 9.13 Å². The van der Waals surface area contributed by atoms with Crippen LogP contribution in [0, 0.1) is 5.82 Å². The summed E-state index contributed by atoms with van der Waals surface area (Å²) in [7, 11) is 1.67. The summed E-state index contributed by atoms with van der Waals surface area (Å²) in [5.74, 6) is 0.592. The molecule has 3 aromatic rings. The molecule has 0 amide bonds. The van der Waals surface area contributed by atoms with Gasteiger partial charge in [0.25, 0.3) is 0 Å². The molecule has 1 aromatic carbocycles. The number of thiazole rings is 1. The average molecular weight is 372 g/mol. The second-order valence-corrected chi connectivity index (χ2v) is 7.57. The lowest BCUT2D eigenvalue weighted by Gasteiger charge is -2.39. The van der Waals surface area contributed by atoms with Crippen LogP contribution in [0.3, 0.4) is 0 Å². The molecule has 0 bridgehead atoms.